The zero-order valence-corrected chi connectivity index (χ0v) is 12.4. The van der Waals surface area contributed by atoms with Crippen molar-refractivity contribution in [3.8, 4) is 23.1 Å². The Kier molecular flexibility index (Phi) is 4.81. The van der Waals surface area contributed by atoms with Crippen LogP contribution in [-0.4, -0.2) is 24.2 Å². The molecule has 1 heterocycles. The normalized spacial score (nSPS) is 10.2. The third-order valence-electron chi connectivity index (χ3n) is 2.98. The fourth-order valence-corrected chi connectivity index (χ4v) is 1.93. The summed E-state index contributed by atoms with van der Waals surface area (Å²) in [7, 11) is 3.17. The number of rotatable bonds is 6. The van der Waals surface area contributed by atoms with Gasteiger partial charge in [0.25, 0.3) is 0 Å². The number of hydrogen-bond donors (Lipinski definition) is 1. The van der Waals surface area contributed by atoms with Crippen LogP contribution >= 0.6 is 0 Å². The molecule has 112 valence electrons. The van der Waals surface area contributed by atoms with Crippen LogP contribution in [0.15, 0.2) is 24.5 Å². The zero-order chi connectivity index (χ0) is 15.2. The maximum Gasteiger partial charge on any atom is 0.227 e. The summed E-state index contributed by atoms with van der Waals surface area (Å²) >= 11 is 0. The van der Waals surface area contributed by atoms with Crippen LogP contribution in [0.5, 0.6) is 23.1 Å². The van der Waals surface area contributed by atoms with Crippen molar-refractivity contribution < 1.29 is 14.2 Å². The maximum atomic E-state index is 5.89. The van der Waals surface area contributed by atoms with E-state index >= 15 is 0 Å². The first kappa shape index (κ1) is 14.9. The number of nitrogens with zero attached hydrogens (tertiary/aromatic N) is 2. The molecule has 0 spiro atoms. The van der Waals surface area contributed by atoms with Gasteiger partial charge in [-0.25, -0.2) is 9.97 Å². The summed E-state index contributed by atoms with van der Waals surface area (Å²) in [4.78, 5) is 8.17. The summed E-state index contributed by atoms with van der Waals surface area (Å²) in [5.41, 5.74) is 6.70. The van der Waals surface area contributed by atoms with Crippen molar-refractivity contribution in [2.24, 2.45) is 0 Å². The zero-order valence-electron chi connectivity index (χ0n) is 12.4. The van der Waals surface area contributed by atoms with Gasteiger partial charge >= 0.3 is 0 Å². The maximum absolute atomic E-state index is 5.89. The highest BCUT2D eigenvalue weighted by Gasteiger charge is 2.12. The van der Waals surface area contributed by atoms with Gasteiger partial charge in [-0.2, -0.15) is 0 Å². The summed E-state index contributed by atoms with van der Waals surface area (Å²) in [5, 5.41) is 0. The van der Waals surface area contributed by atoms with Crippen LogP contribution in [0.4, 0.5) is 5.82 Å². The van der Waals surface area contributed by atoms with Crippen molar-refractivity contribution in [1.82, 2.24) is 9.97 Å². The number of nitrogen functional groups attached to an aromatic ring is 1. The lowest BCUT2D eigenvalue weighted by Crippen LogP contribution is -2.02. The minimum Gasteiger partial charge on any atom is -0.496 e. The Hall–Kier alpha value is -2.50. The van der Waals surface area contributed by atoms with Gasteiger partial charge in [0.1, 0.15) is 29.4 Å². The molecule has 0 fully saturated rings. The smallest absolute Gasteiger partial charge is 0.227 e. The first-order valence-electron chi connectivity index (χ1n) is 6.68. The summed E-state index contributed by atoms with van der Waals surface area (Å²) in [6.45, 7) is 2.06. The highest BCUT2D eigenvalue weighted by atomic mass is 16.5. The van der Waals surface area contributed by atoms with Crippen molar-refractivity contribution >= 4 is 5.82 Å². The number of methoxy groups -OCH3 is 2. The van der Waals surface area contributed by atoms with E-state index in [0.717, 1.165) is 18.4 Å². The molecule has 2 rings (SSSR count). The Morgan fingerprint density at radius 3 is 2.19 bits per heavy atom. The lowest BCUT2D eigenvalue weighted by molar-refractivity contribution is 0.384. The molecule has 2 N–H and O–H groups in total. The van der Waals surface area contributed by atoms with E-state index < -0.39 is 0 Å². The first-order valence-corrected chi connectivity index (χ1v) is 6.68. The molecule has 0 amide bonds. The summed E-state index contributed by atoms with van der Waals surface area (Å²) in [6.07, 6.45) is 3.07. The molecule has 0 atom stereocenters. The quantitative estimate of drug-likeness (QED) is 0.880. The van der Waals surface area contributed by atoms with Gasteiger partial charge in [-0.15, -0.1) is 0 Å². The van der Waals surface area contributed by atoms with Gasteiger partial charge in [-0.3, -0.25) is 0 Å². The molecule has 0 aliphatic rings. The van der Waals surface area contributed by atoms with E-state index in [1.807, 2.05) is 0 Å². The molecule has 0 radical (unpaired) electrons. The number of aromatic nitrogens is 2. The predicted octanol–water partition coefficient (Wildman–Crippen LogP) is 2.82. The third-order valence-corrected chi connectivity index (χ3v) is 2.98. The van der Waals surface area contributed by atoms with Gasteiger partial charge in [-0.1, -0.05) is 13.3 Å². The van der Waals surface area contributed by atoms with Crippen LogP contribution < -0.4 is 19.9 Å². The summed E-state index contributed by atoms with van der Waals surface area (Å²) in [6, 6.07) is 5.29. The van der Waals surface area contributed by atoms with Gasteiger partial charge in [0.15, 0.2) is 0 Å². The largest absolute Gasteiger partial charge is 0.496 e. The molecule has 1 aromatic carbocycles. The van der Waals surface area contributed by atoms with E-state index in [9.17, 15) is 0 Å². The van der Waals surface area contributed by atoms with Crippen molar-refractivity contribution in [2.45, 2.75) is 19.8 Å². The van der Waals surface area contributed by atoms with E-state index in [1.165, 1.54) is 6.33 Å². The van der Waals surface area contributed by atoms with Crippen molar-refractivity contribution in [2.75, 3.05) is 20.0 Å². The fourth-order valence-electron chi connectivity index (χ4n) is 1.93. The van der Waals surface area contributed by atoms with Gasteiger partial charge in [0, 0.05) is 18.2 Å². The highest BCUT2D eigenvalue weighted by molar-refractivity contribution is 5.48. The molecular weight excluding hydrogens is 270 g/mol. The van der Waals surface area contributed by atoms with Gasteiger partial charge in [-0.05, 0) is 6.42 Å². The Bertz CT molecular complexity index is 595. The lowest BCUT2D eigenvalue weighted by atomic mass is 10.2. The molecule has 6 nitrogen and oxygen atoms in total. The number of nitrogens with two attached hydrogens (primary N) is 1. The topological polar surface area (TPSA) is 79.5 Å². The summed E-state index contributed by atoms with van der Waals surface area (Å²) in [5.74, 6) is 2.75. The van der Waals surface area contributed by atoms with E-state index in [1.54, 1.807) is 32.4 Å². The minimum absolute atomic E-state index is 0.441. The van der Waals surface area contributed by atoms with Crippen LogP contribution in [-0.2, 0) is 6.42 Å². The SMILES string of the molecule is CCCc1c(N)ncnc1Oc1cc(OC)cc(OC)c1. The van der Waals surface area contributed by atoms with Gasteiger partial charge in [0.2, 0.25) is 5.88 Å². The van der Waals surface area contributed by atoms with Crippen molar-refractivity contribution in [3.05, 3.63) is 30.1 Å². The Morgan fingerprint density at radius 2 is 1.62 bits per heavy atom. The molecular formula is C15H19N3O3. The van der Waals surface area contributed by atoms with Gasteiger partial charge in [0.05, 0.1) is 19.8 Å². The third kappa shape index (κ3) is 3.53. The van der Waals surface area contributed by atoms with E-state index in [-0.39, 0.29) is 0 Å². The Balaban J connectivity index is 2.35. The number of hydrogen-bond acceptors (Lipinski definition) is 6. The second kappa shape index (κ2) is 6.78. The average Bonchev–Trinajstić information content (AvgIpc) is 2.50. The molecule has 0 bridgehead atoms. The Labute approximate surface area is 123 Å². The van der Waals surface area contributed by atoms with Crippen LogP contribution in [0, 0.1) is 0 Å². The molecule has 21 heavy (non-hydrogen) atoms. The molecule has 0 saturated heterocycles. The molecule has 0 unspecified atom stereocenters. The number of benzene rings is 1. The highest BCUT2D eigenvalue weighted by Crippen LogP contribution is 2.32. The monoisotopic (exact) mass is 289 g/mol. The molecule has 0 aliphatic heterocycles. The van der Waals surface area contributed by atoms with E-state index in [4.69, 9.17) is 19.9 Å². The number of ether oxygens (including phenoxy) is 3. The van der Waals surface area contributed by atoms with Crippen molar-refractivity contribution in [1.29, 1.82) is 0 Å². The standard InChI is InChI=1S/C15H19N3O3/c1-4-5-13-14(16)17-9-18-15(13)21-12-7-10(19-2)6-11(8-12)20-3/h6-9H,4-5H2,1-3H3,(H2,16,17,18). The van der Waals surface area contributed by atoms with Crippen LogP contribution in [0.3, 0.4) is 0 Å². The fraction of sp³-hybridized carbons (Fsp3) is 0.333. The number of anilines is 1. The van der Waals surface area contributed by atoms with E-state index in [0.29, 0.717) is 28.9 Å². The van der Waals surface area contributed by atoms with E-state index in [2.05, 4.69) is 16.9 Å². The molecule has 0 saturated carbocycles. The predicted molar refractivity (Wildman–Crippen MR) is 80.1 cm³/mol. The van der Waals surface area contributed by atoms with Crippen LogP contribution in [0.1, 0.15) is 18.9 Å². The molecule has 1 aromatic heterocycles. The van der Waals surface area contributed by atoms with Crippen molar-refractivity contribution in [3.63, 3.8) is 0 Å². The average molecular weight is 289 g/mol. The molecule has 2 aromatic rings. The minimum atomic E-state index is 0.441. The second-order valence-corrected chi connectivity index (χ2v) is 4.44. The molecule has 0 aliphatic carbocycles. The van der Waals surface area contributed by atoms with Gasteiger partial charge < -0.3 is 19.9 Å². The Morgan fingerprint density at radius 1 is 1.00 bits per heavy atom. The lowest BCUT2D eigenvalue weighted by Gasteiger charge is -2.12. The van der Waals surface area contributed by atoms with Crippen LogP contribution in [0.25, 0.3) is 0 Å². The second-order valence-electron chi connectivity index (χ2n) is 4.44. The van der Waals surface area contributed by atoms with Crippen LogP contribution in [0.2, 0.25) is 0 Å². The molecule has 6 heteroatoms. The summed E-state index contributed by atoms with van der Waals surface area (Å²) < 4.78 is 16.3. The first-order chi connectivity index (χ1) is 10.2.